The van der Waals surface area contributed by atoms with Gasteiger partial charge in [0.2, 0.25) is 0 Å². The fourth-order valence-corrected chi connectivity index (χ4v) is 2.51. The average Bonchev–Trinajstić information content (AvgIpc) is 2.42. The molecule has 108 valence electrons. The summed E-state index contributed by atoms with van der Waals surface area (Å²) in [6.45, 7) is 0. The zero-order valence-corrected chi connectivity index (χ0v) is 13.4. The van der Waals surface area contributed by atoms with Crippen LogP contribution in [0.15, 0.2) is 41.5 Å². The van der Waals surface area contributed by atoms with Crippen LogP contribution in [0.25, 0.3) is 0 Å². The van der Waals surface area contributed by atoms with Gasteiger partial charge in [0.25, 0.3) is 5.91 Å². The van der Waals surface area contributed by atoms with E-state index in [2.05, 4.69) is 10.5 Å². The summed E-state index contributed by atoms with van der Waals surface area (Å²) in [5.74, 6) is -0.462. The lowest BCUT2D eigenvalue weighted by Gasteiger charge is -2.03. The van der Waals surface area contributed by atoms with Gasteiger partial charge >= 0.3 is 0 Å². The molecule has 0 unspecified atom stereocenters. The molecule has 0 aliphatic heterocycles. The Kier molecular flexibility index (Phi) is 5.48. The zero-order valence-electron chi connectivity index (χ0n) is 10.4. The maximum Gasteiger partial charge on any atom is 0.272 e. The van der Waals surface area contributed by atoms with Crippen molar-refractivity contribution in [1.29, 1.82) is 0 Å². The Bertz CT molecular complexity index is 696. The van der Waals surface area contributed by atoms with E-state index >= 15 is 0 Å². The molecule has 0 bridgehead atoms. The largest absolute Gasteiger partial charge is 0.272 e. The minimum absolute atomic E-state index is 0.242. The highest BCUT2D eigenvalue weighted by atomic mass is 35.5. The van der Waals surface area contributed by atoms with E-state index in [1.54, 1.807) is 24.3 Å². The van der Waals surface area contributed by atoms with E-state index in [1.807, 2.05) is 0 Å². The highest BCUT2D eigenvalue weighted by molar-refractivity contribution is 6.38. The molecule has 0 saturated carbocycles. The van der Waals surface area contributed by atoms with Gasteiger partial charge in [0.15, 0.2) is 0 Å². The van der Waals surface area contributed by atoms with Gasteiger partial charge in [0.05, 0.1) is 26.8 Å². The first-order valence-corrected chi connectivity index (χ1v) is 7.22. The molecule has 0 heterocycles. The normalized spacial score (nSPS) is 10.9. The van der Waals surface area contributed by atoms with Crippen molar-refractivity contribution in [2.45, 2.75) is 0 Å². The number of nitrogens with zero attached hydrogens (tertiary/aromatic N) is 1. The predicted octanol–water partition coefficient (Wildman–Crippen LogP) is 5.06. The van der Waals surface area contributed by atoms with E-state index in [0.717, 1.165) is 0 Å². The highest BCUT2D eigenvalue weighted by Gasteiger charge is 2.10. The zero-order chi connectivity index (χ0) is 15.4. The molecule has 21 heavy (non-hydrogen) atoms. The number of hydrogen-bond donors (Lipinski definition) is 1. The molecule has 0 aliphatic carbocycles. The van der Waals surface area contributed by atoms with Gasteiger partial charge in [-0.2, -0.15) is 5.10 Å². The lowest BCUT2D eigenvalue weighted by Crippen LogP contribution is -2.18. The van der Waals surface area contributed by atoms with E-state index in [1.165, 1.54) is 18.3 Å². The molecule has 1 N–H and O–H groups in total. The molecule has 2 rings (SSSR count). The van der Waals surface area contributed by atoms with Crippen LogP contribution in [0.1, 0.15) is 15.9 Å². The van der Waals surface area contributed by atoms with Gasteiger partial charge in [-0.25, -0.2) is 5.43 Å². The molecule has 1 amide bonds. The van der Waals surface area contributed by atoms with Crippen LogP contribution >= 0.6 is 46.4 Å². The van der Waals surface area contributed by atoms with Gasteiger partial charge in [-0.15, -0.1) is 0 Å². The minimum Gasteiger partial charge on any atom is -0.267 e. The molecule has 2 aromatic rings. The fraction of sp³-hybridized carbons (Fsp3) is 0. The van der Waals surface area contributed by atoms with Crippen molar-refractivity contribution in [2.75, 3.05) is 0 Å². The molecule has 0 atom stereocenters. The summed E-state index contributed by atoms with van der Waals surface area (Å²) < 4.78 is 0. The number of halogens is 4. The van der Waals surface area contributed by atoms with Crippen LogP contribution in [0, 0.1) is 0 Å². The number of hydrazone groups is 1. The molecule has 0 fully saturated rings. The van der Waals surface area contributed by atoms with Crippen LogP contribution in [0.3, 0.4) is 0 Å². The number of hydrogen-bond acceptors (Lipinski definition) is 2. The third-order valence-electron chi connectivity index (χ3n) is 2.54. The Hall–Kier alpha value is -1.26. The second-order valence-electron chi connectivity index (χ2n) is 3.96. The van der Waals surface area contributed by atoms with Crippen LogP contribution in [0.2, 0.25) is 20.1 Å². The second kappa shape index (κ2) is 7.14. The Labute approximate surface area is 141 Å². The first kappa shape index (κ1) is 16.1. The van der Waals surface area contributed by atoms with E-state index in [0.29, 0.717) is 20.6 Å². The summed E-state index contributed by atoms with van der Waals surface area (Å²) >= 11 is 23.7. The second-order valence-corrected chi connectivity index (χ2v) is 5.62. The van der Waals surface area contributed by atoms with E-state index < -0.39 is 5.91 Å². The van der Waals surface area contributed by atoms with Crippen molar-refractivity contribution < 1.29 is 4.79 Å². The van der Waals surface area contributed by atoms with Crippen molar-refractivity contribution in [3.63, 3.8) is 0 Å². The molecular weight excluding hydrogens is 354 g/mol. The summed E-state index contributed by atoms with van der Waals surface area (Å²) in [5.41, 5.74) is 3.13. The smallest absolute Gasteiger partial charge is 0.267 e. The standard InChI is InChI=1S/C14H8Cl4N2O/c15-8-4-5-9(13(18)6-8)14(21)20-19-7-10-11(16)2-1-3-12(10)17/h1-7H,(H,20,21)/b19-7+. The van der Waals surface area contributed by atoms with Gasteiger partial charge in [-0.1, -0.05) is 52.5 Å². The Morgan fingerprint density at radius 1 is 1.00 bits per heavy atom. The van der Waals surface area contributed by atoms with Gasteiger partial charge in [-0.05, 0) is 30.3 Å². The lowest BCUT2D eigenvalue weighted by molar-refractivity contribution is 0.0955. The molecule has 0 radical (unpaired) electrons. The summed E-state index contributed by atoms with van der Waals surface area (Å²) in [6, 6.07) is 9.62. The minimum atomic E-state index is -0.462. The molecule has 2 aromatic carbocycles. The van der Waals surface area contributed by atoms with Crippen LogP contribution < -0.4 is 5.43 Å². The summed E-state index contributed by atoms with van der Waals surface area (Å²) in [7, 11) is 0. The predicted molar refractivity (Wildman–Crippen MR) is 88.0 cm³/mol. The number of nitrogens with one attached hydrogen (secondary N) is 1. The Morgan fingerprint density at radius 2 is 1.67 bits per heavy atom. The van der Waals surface area contributed by atoms with Crippen LogP contribution in [-0.2, 0) is 0 Å². The molecule has 0 aromatic heterocycles. The Morgan fingerprint density at radius 3 is 2.29 bits per heavy atom. The van der Waals surface area contributed by atoms with Crippen molar-refractivity contribution in [3.8, 4) is 0 Å². The molecule has 0 spiro atoms. The first-order valence-electron chi connectivity index (χ1n) is 5.71. The fourth-order valence-electron chi connectivity index (χ4n) is 1.52. The van der Waals surface area contributed by atoms with Crippen LogP contribution in [0.4, 0.5) is 0 Å². The monoisotopic (exact) mass is 360 g/mol. The molecular formula is C14H8Cl4N2O. The van der Waals surface area contributed by atoms with Crippen LogP contribution in [0.5, 0.6) is 0 Å². The Balaban J connectivity index is 2.12. The first-order chi connectivity index (χ1) is 9.99. The summed E-state index contributed by atoms with van der Waals surface area (Å²) in [6.07, 6.45) is 1.37. The quantitative estimate of drug-likeness (QED) is 0.602. The summed E-state index contributed by atoms with van der Waals surface area (Å²) in [5, 5.41) is 5.38. The summed E-state index contributed by atoms with van der Waals surface area (Å²) in [4.78, 5) is 11.9. The maximum absolute atomic E-state index is 11.9. The van der Waals surface area contributed by atoms with Crippen LogP contribution in [-0.4, -0.2) is 12.1 Å². The van der Waals surface area contributed by atoms with E-state index in [-0.39, 0.29) is 10.6 Å². The SMILES string of the molecule is O=C(N/N=C/c1c(Cl)cccc1Cl)c1ccc(Cl)cc1Cl. The molecule has 0 saturated heterocycles. The molecule has 7 heteroatoms. The van der Waals surface area contributed by atoms with Crippen molar-refractivity contribution in [3.05, 3.63) is 67.6 Å². The number of carbonyl (C=O) groups is 1. The van der Waals surface area contributed by atoms with Gasteiger partial charge in [0.1, 0.15) is 0 Å². The van der Waals surface area contributed by atoms with Gasteiger partial charge in [0, 0.05) is 10.6 Å². The highest BCUT2D eigenvalue weighted by Crippen LogP contribution is 2.22. The number of benzene rings is 2. The number of rotatable bonds is 3. The maximum atomic E-state index is 11.9. The third kappa shape index (κ3) is 4.11. The molecule has 3 nitrogen and oxygen atoms in total. The van der Waals surface area contributed by atoms with Crippen molar-refractivity contribution in [2.24, 2.45) is 5.10 Å². The number of amides is 1. The van der Waals surface area contributed by atoms with E-state index in [4.69, 9.17) is 46.4 Å². The van der Waals surface area contributed by atoms with E-state index in [9.17, 15) is 4.79 Å². The lowest BCUT2D eigenvalue weighted by atomic mass is 10.2. The van der Waals surface area contributed by atoms with Crippen molar-refractivity contribution in [1.82, 2.24) is 5.43 Å². The topological polar surface area (TPSA) is 41.5 Å². The molecule has 0 aliphatic rings. The van der Waals surface area contributed by atoms with Crippen molar-refractivity contribution >= 4 is 58.5 Å². The van der Waals surface area contributed by atoms with Gasteiger partial charge in [-0.3, -0.25) is 4.79 Å². The third-order valence-corrected chi connectivity index (χ3v) is 3.74. The average molecular weight is 362 g/mol. The van der Waals surface area contributed by atoms with Gasteiger partial charge < -0.3 is 0 Å². The number of carbonyl (C=O) groups excluding carboxylic acids is 1.